The van der Waals surface area contributed by atoms with E-state index in [1.807, 2.05) is 32.0 Å². The number of phenolic OH excluding ortho intramolecular Hbond substituents is 1. The molecule has 0 fully saturated rings. The van der Waals surface area contributed by atoms with E-state index in [9.17, 15) is 5.11 Å². The molecule has 1 aromatic carbocycles. The molecule has 1 rings (SSSR count). The van der Waals surface area contributed by atoms with Crippen molar-refractivity contribution in [2.45, 2.75) is 13.8 Å². The van der Waals surface area contributed by atoms with Crippen molar-refractivity contribution in [3.63, 3.8) is 0 Å². The number of benzene rings is 1. The van der Waals surface area contributed by atoms with Crippen molar-refractivity contribution in [3.8, 4) is 5.75 Å². The van der Waals surface area contributed by atoms with Crippen molar-refractivity contribution < 1.29 is 15.0 Å². The van der Waals surface area contributed by atoms with E-state index in [0.29, 0.717) is 5.75 Å². The van der Waals surface area contributed by atoms with Crippen molar-refractivity contribution in [2.24, 2.45) is 5.73 Å². The second-order valence-corrected chi connectivity index (χ2v) is 2.58. The summed E-state index contributed by atoms with van der Waals surface area (Å²) in [7, 11) is 0. The van der Waals surface area contributed by atoms with Gasteiger partial charge in [0.2, 0.25) is 0 Å². The van der Waals surface area contributed by atoms with Gasteiger partial charge in [-0.25, -0.2) is 4.79 Å². The summed E-state index contributed by atoms with van der Waals surface area (Å²) in [4.78, 5) is 8.78. The first kappa shape index (κ1) is 11.3. The van der Waals surface area contributed by atoms with Crippen LogP contribution in [0.3, 0.4) is 0 Å². The van der Waals surface area contributed by atoms with Crippen molar-refractivity contribution >= 4 is 6.09 Å². The number of nitrogens with two attached hydrogens (primary N) is 1. The maximum absolute atomic E-state index is 9.21. The maximum Gasteiger partial charge on any atom is 0.402 e. The second kappa shape index (κ2) is 5.03. The summed E-state index contributed by atoms with van der Waals surface area (Å²) < 4.78 is 0. The number of primary amides is 1. The topological polar surface area (TPSA) is 83.5 Å². The molecular weight excluding hydrogens is 170 g/mol. The molecule has 4 nitrogen and oxygen atoms in total. The highest BCUT2D eigenvalue weighted by Crippen LogP contribution is 2.19. The van der Waals surface area contributed by atoms with Crippen LogP contribution < -0.4 is 5.73 Å². The molecule has 1 aromatic rings. The average molecular weight is 183 g/mol. The summed E-state index contributed by atoms with van der Waals surface area (Å²) in [5, 5.41) is 16.4. The van der Waals surface area contributed by atoms with Gasteiger partial charge >= 0.3 is 6.09 Å². The lowest BCUT2D eigenvalue weighted by atomic mass is 10.1. The van der Waals surface area contributed by atoms with E-state index in [2.05, 4.69) is 5.73 Å². The lowest BCUT2D eigenvalue weighted by Gasteiger charge is -1.99. The molecule has 0 aromatic heterocycles. The molecule has 13 heavy (non-hydrogen) atoms. The van der Waals surface area contributed by atoms with Gasteiger partial charge in [-0.2, -0.15) is 0 Å². The quantitative estimate of drug-likeness (QED) is 0.571. The number of phenols is 1. The molecule has 0 aliphatic rings. The van der Waals surface area contributed by atoms with Crippen LogP contribution in [0.4, 0.5) is 4.79 Å². The summed E-state index contributed by atoms with van der Waals surface area (Å²) >= 11 is 0. The van der Waals surface area contributed by atoms with Gasteiger partial charge in [-0.1, -0.05) is 18.2 Å². The number of aryl methyl sites for hydroxylation is 2. The molecule has 4 heteroatoms. The highest BCUT2D eigenvalue weighted by Gasteiger charge is 1.95. The van der Waals surface area contributed by atoms with Crippen LogP contribution in [0.15, 0.2) is 18.2 Å². The molecule has 0 unspecified atom stereocenters. The number of hydrogen-bond donors (Lipinski definition) is 3. The zero-order valence-corrected chi connectivity index (χ0v) is 7.61. The van der Waals surface area contributed by atoms with Gasteiger partial charge in [-0.15, -0.1) is 0 Å². The number of amides is 1. The van der Waals surface area contributed by atoms with Crippen molar-refractivity contribution in [1.82, 2.24) is 0 Å². The number of aromatic hydroxyl groups is 1. The zero-order chi connectivity index (χ0) is 10.4. The first-order valence-electron chi connectivity index (χ1n) is 3.68. The molecule has 0 aliphatic carbocycles. The zero-order valence-electron chi connectivity index (χ0n) is 7.61. The molecule has 0 radical (unpaired) electrons. The Morgan fingerprint density at radius 2 is 1.62 bits per heavy atom. The van der Waals surface area contributed by atoms with E-state index in [-0.39, 0.29) is 0 Å². The van der Waals surface area contributed by atoms with Crippen LogP contribution in [0, 0.1) is 13.8 Å². The first-order chi connectivity index (χ1) is 5.95. The van der Waals surface area contributed by atoms with Gasteiger partial charge < -0.3 is 15.9 Å². The fourth-order valence-corrected chi connectivity index (χ4v) is 0.806. The number of rotatable bonds is 0. The summed E-state index contributed by atoms with van der Waals surface area (Å²) in [6.07, 6.45) is -1.33. The SMILES string of the molecule is Cc1cccc(C)c1O.NC(=O)O. The molecule has 4 N–H and O–H groups in total. The predicted octanol–water partition coefficient (Wildman–Crippen LogP) is 1.63. The van der Waals surface area contributed by atoms with E-state index in [0.717, 1.165) is 11.1 Å². The molecule has 0 saturated heterocycles. The van der Waals surface area contributed by atoms with Crippen LogP contribution in [-0.4, -0.2) is 16.3 Å². The Morgan fingerprint density at radius 1 is 1.31 bits per heavy atom. The lowest BCUT2D eigenvalue weighted by Crippen LogP contribution is -2.03. The molecule has 1 amide bonds. The summed E-state index contributed by atoms with van der Waals surface area (Å²) in [6.45, 7) is 3.78. The molecule has 0 atom stereocenters. The molecule has 0 heterocycles. The Labute approximate surface area is 76.6 Å². The highest BCUT2D eigenvalue weighted by atomic mass is 16.4. The first-order valence-corrected chi connectivity index (χ1v) is 3.68. The molecular formula is C9H13NO3. The highest BCUT2D eigenvalue weighted by molar-refractivity contribution is 5.61. The van der Waals surface area contributed by atoms with Crippen molar-refractivity contribution in [1.29, 1.82) is 0 Å². The largest absolute Gasteiger partial charge is 0.507 e. The second-order valence-electron chi connectivity index (χ2n) is 2.58. The minimum Gasteiger partial charge on any atom is -0.507 e. The Hall–Kier alpha value is -1.71. The Kier molecular flexibility index (Phi) is 4.37. The van der Waals surface area contributed by atoms with Crippen LogP contribution in [-0.2, 0) is 0 Å². The monoisotopic (exact) mass is 183 g/mol. The van der Waals surface area contributed by atoms with Crippen molar-refractivity contribution in [3.05, 3.63) is 29.3 Å². The van der Waals surface area contributed by atoms with Gasteiger partial charge in [-0.05, 0) is 25.0 Å². The number of para-hydroxylation sites is 1. The lowest BCUT2D eigenvalue weighted by molar-refractivity contribution is 0.205. The minimum atomic E-state index is -1.33. The van der Waals surface area contributed by atoms with Crippen LogP contribution in [0.1, 0.15) is 11.1 Å². The molecule has 0 saturated carbocycles. The van der Waals surface area contributed by atoms with Crippen molar-refractivity contribution in [2.75, 3.05) is 0 Å². The van der Waals surface area contributed by atoms with E-state index in [1.165, 1.54) is 0 Å². The van der Waals surface area contributed by atoms with Gasteiger partial charge in [0.1, 0.15) is 5.75 Å². The summed E-state index contributed by atoms with van der Waals surface area (Å²) in [6, 6.07) is 5.72. The van der Waals surface area contributed by atoms with E-state index < -0.39 is 6.09 Å². The predicted molar refractivity (Wildman–Crippen MR) is 49.8 cm³/mol. The summed E-state index contributed by atoms with van der Waals surface area (Å²) in [5.41, 5.74) is 5.91. The smallest absolute Gasteiger partial charge is 0.402 e. The Morgan fingerprint density at radius 3 is 1.85 bits per heavy atom. The number of carbonyl (C=O) groups is 1. The third-order valence-corrected chi connectivity index (χ3v) is 1.44. The van der Waals surface area contributed by atoms with Gasteiger partial charge in [0.05, 0.1) is 0 Å². The third kappa shape index (κ3) is 4.68. The molecule has 0 bridgehead atoms. The molecule has 0 aliphatic heterocycles. The average Bonchev–Trinajstić information content (AvgIpc) is 1.99. The maximum atomic E-state index is 9.21. The number of hydrogen-bond acceptors (Lipinski definition) is 2. The Balaban J connectivity index is 0.000000310. The molecule has 72 valence electrons. The van der Waals surface area contributed by atoms with Gasteiger partial charge in [-0.3, -0.25) is 0 Å². The van der Waals surface area contributed by atoms with Crippen LogP contribution in [0.25, 0.3) is 0 Å². The van der Waals surface area contributed by atoms with Gasteiger partial charge in [0.15, 0.2) is 0 Å². The Bertz CT molecular complexity index is 273. The van der Waals surface area contributed by atoms with Crippen LogP contribution in [0.5, 0.6) is 5.75 Å². The van der Waals surface area contributed by atoms with Gasteiger partial charge in [0.25, 0.3) is 0 Å². The minimum absolute atomic E-state index is 0.414. The van der Waals surface area contributed by atoms with E-state index in [1.54, 1.807) is 0 Å². The third-order valence-electron chi connectivity index (χ3n) is 1.44. The van der Waals surface area contributed by atoms with E-state index in [4.69, 9.17) is 9.90 Å². The fraction of sp³-hybridized carbons (Fsp3) is 0.222. The van der Waals surface area contributed by atoms with Crippen LogP contribution in [0.2, 0.25) is 0 Å². The number of carboxylic acid groups (broad SMARTS) is 1. The van der Waals surface area contributed by atoms with Gasteiger partial charge in [0, 0.05) is 0 Å². The standard InChI is InChI=1S/C8H10O.CH3NO2/c1-6-4-3-5-7(2)8(6)9;2-1(3)4/h3-5,9H,1-2H3;2H2,(H,3,4). The molecule has 0 spiro atoms. The summed E-state index contributed by atoms with van der Waals surface area (Å²) in [5.74, 6) is 0.414. The van der Waals surface area contributed by atoms with E-state index >= 15 is 0 Å². The fourth-order valence-electron chi connectivity index (χ4n) is 0.806. The van der Waals surface area contributed by atoms with Crippen LogP contribution >= 0.6 is 0 Å². The normalized spacial score (nSPS) is 8.46.